The average Bonchev–Trinajstić information content (AvgIpc) is 2.81. The van der Waals surface area contributed by atoms with E-state index < -0.39 is 5.91 Å². The lowest BCUT2D eigenvalue weighted by Crippen LogP contribution is -2.23. The van der Waals surface area contributed by atoms with Gasteiger partial charge in [0.2, 0.25) is 0 Å². The van der Waals surface area contributed by atoms with Crippen molar-refractivity contribution in [1.29, 1.82) is 10.5 Å². The summed E-state index contributed by atoms with van der Waals surface area (Å²) in [5, 5.41) is 19.6. The third kappa shape index (κ3) is 3.35. The Morgan fingerprint density at radius 2 is 1.68 bits per heavy atom. The van der Waals surface area contributed by atoms with E-state index in [0.717, 1.165) is 36.5 Å². The highest BCUT2D eigenvalue weighted by Crippen LogP contribution is 2.42. The molecule has 1 fully saturated rings. The molecule has 1 aliphatic heterocycles. The zero-order valence-electron chi connectivity index (χ0n) is 13.8. The molecule has 1 aliphatic rings. The van der Waals surface area contributed by atoms with Gasteiger partial charge in [0.05, 0.1) is 17.2 Å². The number of hydrogen-bond donors (Lipinski definition) is 1. The van der Waals surface area contributed by atoms with Crippen molar-refractivity contribution in [2.75, 3.05) is 18.0 Å². The molecule has 126 valence electrons. The number of nitrogens with two attached hydrogens (primary N) is 1. The standard InChI is InChI=1S/C19H18N4OS/c20-11-13-5-7-14(8-6-13)16-15(12-21)19(25-17(16)18(22)24)23-9-3-1-2-4-10-23/h5-8H,1-4,9-10H2,(H2,22,24). The number of thiophene rings is 1. The lowest BCUT2D eigenvalue weighted by Gasteiger charge is -2.21. The van der Waals surface area contributed by atoms with Crippen LogP contribution in [0.3, 0.4) is 0 Å². The number of benzene rings is 1. The minimum Gasteiger partial charge on any atom is -0.365 e. The molecule has 0 saturated carbocycles. The Morgan fingerprint density at radius 1 is 1.04 bits per heavy atom. The highest BCUT2D eigenvalue weighted by atomic mass is 32.1. The first-order chi connectivity index (χ1) is 12.2. The zero-order chi connectivity index (χ0) is 17.8. The molecule has 0 aliphatic carbocycles. The molecule has 2 N–H and O–H groups in total. The van der Waals surface area contributed by atoms with Gasteiger partial charge in [0.15, 0.2) is 0 Å². The van der Waals surface area contributed by atoms with Crippen LogP contribution in [0.1, 0.15) is 46.5 Å². The van der Waals surface area contributed by atoms with Gasteiger partial charge in [-0.3, -0.25) is 4.79 Å². The topological polar surface area (TPSA) is 93.9 Å². The Labute approximate surface area is 150 Å². The van der Waals surface area contributed by atoms with Crippen molar-refractivity contribution in [2.45, 2.75) is 25.7 Å². The number of primary amides is 1. The summed E-state index contributed by atoms with van der Waals surface area (Å²) in [4.78, 5) is 14.6. The van der Waals surface area contributed by atoms with Crippen LogP contribution < -0.4 is 10.6 Å². The van der Waals surface area contributed by atoms with Gasteiger partial charge in [0.1, 0.15) is 15.9 Å². The minimum absolute atomic E-state index is 0.403. The van der Waals surface area contributed by atoms with E-state index in [1.807, 2.05) is 0 Å². The van der Waals surface area contributed by atoms with Crippen LogP contribution >= 0.6 is 11.3 Å². The highest BCUT2D eigenvalue weighted by Gasteiger charge is 2.26. The van der Waals surface area contributed by atoms with Crippen LogP contribution in [0.2, 0.25) is 0 Å². The van der Waals surface area contributed by atoms with Crippen molar-refractivity contribution in [3.8, 4) is 23.3 Å². The van der Waals surface area contributed by atoms with Crippen molar-refractivity contribution in [1.82, 2.24) is 0 Å². The van der Waals surface area contributed by atoms with Crippen LogP contribution in [0.4, 0.5) is 5.00 Å². The van der Waals surface area contributed by atoms with Gasteiger partial charge in [0.25, 0.3) is 5.91 Å². The molecule has 1 amide bonds. The number of nitrogens with zero attached hydrogens (tertiary/aromatic N) is 3. The van der Waals surface area contributed by atoms with Crippen LogP contribution in [0, 0.1) is 22.7 Å². The van der Waals surface area contributed by atoms with Crippen molar-refractivity contribution >= 4 is 22.2 Å². The highest BCUT2D eigenvalue weighted by molar-refractivity contribution is 7.18. The van der Waals surface area contributed by atoms with Gasteiger partial charge in [-0.15, -0.1) is 11.3 Å². The van der Waals surface area contributed by atoms with Gasteiger partial charge in [-0.2, -0.15) is 10.5 Å². The molecule has 0 spiro atoms. The lowest BCUT2D eigenvalue weighted by molar-refractivity contribution is 0.100. The van der Waals surface area contributed by atoms with Gasteiger partial charge in [-0.1, -0.05) is 25.0 Å². The summed E-state index contributed by atoms with van der Waals surface area (Å²) >= 11 is 1.30. The monoisotopic (exact) mass is 350 g/mol. The SMILES string of the molecule is N#Cc1ccc(-c2c(C(N)=O)sc(N3CCCCCC3)c2C#N)cc1. The van der Waals surface area contributed by atoms with E-state index in [4.69, 9.17) is 11.0 Å². The number of carbonyl (C=O) groups is 1. The van der Waals surface area contributed by atoms with E-state index in [1.165, 1.54) is 24.2 Å². The number of nitriles is 2. The second-order valence-electron chi connectivity index (χ2n) is 6.05. The summed E-state index contributed by atoms with van der Waals surface area (Å²) in [5.41, 5.74) is 7.96. The van der Waals surface area contributed by atoms with Gasteiger partial charge in [-0.25, -0.2) is 0 Å². The zero-order valence-corrected chi connectivity index (χ0v) is 14.6. The molecule has 2 aromatic rings. The maximum absolute atomic E-state index is 12.0. The molecule has 0 unspecified atom stereocenters. The van der Waals surface area contributed by atoms with Crippen LogP contribution in [-0.4, -0.2) is 19.0 Å². The predicted molar refractivity (Wildman–Crippen MR) is 98.4 cm³/mol. The number of amides is 1. The molecule has 0 radical (unpaired) electrons. The second-order valence-corrected chi connectivity index (χ2v) is 7.05. The third-order valence-corrected chi connectivity index (χ3v) is 5.69. The Hall–Kier alpha value is -2.83. The molecular weight excluding hydrogens is 332 g/mol. The summed E-state index contributed by atoms with van der Waals surface area (Å²) in [5.74, 6) is -0.526. The van der Waals surface area contributed by atoms with Crippen molar-refractivity contribution in [3.05, 3.63) is 40.3 Å². The van der Waals surface area contributed by atoms with E-state index in [-0.39, 0.29) is 0 Å². The van der Waals surface area contributed by atoms with Crippen molar-refractivity contribution in [3.63, 3.8) is 0 Å². The Kier molecular flexibility index (Phi) is 5.02. The van der Waals surface area contributed by atoms with Crippen LogP contribution in [0.5, 0.6) is 0 Å². The number of carbonyl (C=O) groups excluding carboxylic acids is 1. The van der Waals surface area contributed by atoms with Gasteiger partial charge >= 0.3 is 0 Å². The van der Waals surface area contributed by atoms with Crippen LogP contribution in [0.25, 0.3) is 11.1 Å². The molecule has 0 bridgehead atoms. The molecule has 1 saturated heterocycles. The van der Waals surface area contributed by atoms with Crippen molar-refractivity contribution < 1.29 is 4.79 Å². The van der Waals surface area contributed by atoms with E-state index in [9.17, 15) is 10.1 Å². The predicted octanol–water partition coefficient (Wildman–Crippen LogP) is 3.64. The fourth-order valence-electron chi connectivity index (χ4n) is 3.18. The van der Waals surface area contributed by atoms with Crippen LogP contribution in [-0.2, 0) is 0 Å². The lowest BCUT2D eigenvalue weighted by atomic mass is 10.00. The molecule has 1 aromatic carbocycles. The Morgan fingerprint density at radius 3 is 2.20 bits per heavy atom. The van der Waals surface area contributed by atoms with E-state index in [2.05, 4.69) is 17.0 Å². The molecule has 3 rings (SSSR count). The fourth-order valence-corrected chi connectivity index (χ4v) is 4.36. The molecule has 2 heterocycles. The average molecular weight is 350 g/mol. The molecule has 5 nitrogen and oxygen atoms in total. The minimum atomic E-state index is -0.526. The van der Waals surface area contributed by atoms with Gasteiger partial charge in [0, 0.05) is 18.7 Å². The first-order valence-corrected chi connectivity index (χ1v) is 9.09. The van der Waals surface area contributed by atoms with E-state index >= 15 is 0 Å². The maximum atomic E-state index is 12.0. The summed E-state index contributed by atoms with van der Waals surface area (Å²) in [7, 11) is 0. The van der Waals surface area contributed by atoms with E-state index in [1.54, 1.807) is 24.3 Å². The Balaban J connectivity index is 2.14. The molecular formula is C19H18N4OS. The summed E-state index contributed by atoms with van der Waals surface area (Å²) < 4.78 is 0. The number of rotatable bonds is 3. The first-order valence-electron chi connectivity index (χ1n) is 8.28. The Bertz CT molecular complexity index is 863. The maximum Gasteiger partial charge on any atom is 0.259 e. The van der Waals surface area contributed by atoms with Crippen molar-refractivity contribution in [2.24, 2.45) is 5.73 Å². The first kappa shape index (κ1) is 17.0. The molecule has 1 aromatic heterocycles. The normalized spacial score (nSPS) is 14.4. The van der Waals surface area contributed by atoms with E-state index in [0.29, 0.717) is 21.6 Å². The molecule has 6 heteroatoms. The number of anilines is 1. The summed E-state index contributed by atoms with van der Waals surface area (Å²) in [6, 6.07) is 11.3. The molecule has 25 heavy (non-hydrogen) atoms. The van der Waals surface area contributed by atoms with Gasteiger partial charge < -0.3 is 10.6 Å². The quantitative estimate of drug-likeness (QED) is 0.914. The smallest absolute Gasteiger partial charge is 0.259 e. The van der Waals surface area contributed by atoms with Crippen LogP contribution in [0.15, 0.2) is 24.3 Å². The van der Waals surface area contributed by atoms with Gasteiger partial charge in [-0.05, 0) is 30.5 Å². The second kappa shape index (κ2) is 7.38. The third-order valence-electron chi connectivity index (χ3n) is 4.42. The summed E-state index contributed by atoms with van der Waals surface area (Å²) in [6.07, 6.45) is 4.55. The largest absolute Gasteiger partial charge is 0.365 e. The summed E-state index contributed by atoms with van der Waals surface area (Å²) in [6.45, 7) is 1.78. The molecule has 0 atom stereocenters. The number of hydrogen-bond acceptors (Lipinski definition) is 5. The fraction of sp³-hybridized carbons (Fsp3) is 0.316.